The zero-order chi connectivity index (χ0) is 16.8. The normalized spacial score (nSPS) is 12.5. The summed E-state index contributed by atoms with van der Waals surface area (Å²) in [7, 11) is 0. The zero-order valence-corrected chi connectivity index (χ0v) is 14.1. The third kappa shape index (κ3) is 9.80. The first kappa shape index (κ1) is 19.3. The van der Waals surface area contributed by atoms with Gasteiger partial charge in [0, 0.05) is 12.8 Å². The highest BCUT2D eigenvalue weighted by atomic mass is 16.3. The molecule has 0 spiro atoms. The maximum Gasteiger partial charge on any atom is 0.0908 e. The summed E-state index contributed by atoms with van der Waals surface area (Å²) >= 11 is 0. The first-order valence-electron chi connectivity index (χ1n) is 8.59. The summed E-state index contributed by atoms with van der Waals surface area (Å²) in [5.41, 5.74) is 1.17. The van der Waals surface area contributed by atoms with Gasteiger partial charge in [0.25, 0.3) is 0 Å². The highest BCUT2D eigenvalue weighted by Gasteiger charge is 2.14. The van der Waals surface area contributed by atoms with Gasteiger partial charge in [0.05, 0.1) is 12.2 Å². The van der Waals surface area contributed by atoms with E-state index >= 15 is 0 Å². The number of hydrogen-bond acceptors (Lipinski definition) is 2. The van der Waals surface area contributed by atoms with Crippen LogP contribution in [0.25, 0.3) is 0 Å². The van der Waals surface area contributed by atoms with Crippen LogP contribution < -0.4 is 0 Å². The largest absolute Gasteiger partial charge is 0.390 e. The van der Waals surface area contributed by atoms with Crippen LogP contribution in [0.5, 0.6) is 0 Å². The molecule has 1 aromatic carbocycles. The van der Waals surface area contributed by atoms with Crippen LogP contribution in [0.3, 0.4) is 0 Å². The van der Waals surface area contributed by atoms with Gasteiger partial charge in [-0.2, -0.15) is 0 Å². The van der Waals surface area contributed by atoms with Crippen LogP contribution in [0.2, 0.25) is 0 Å². The van der Waals surface area contributed by atoms with Gasteiger partial charge in [0.15, 0.2) is 0 Å². The Morgan fingerprint density at radius 1 is 0.870 bits per heavy atom. The summed E-state index contributed by atoms with van der Waals surface area (Å²) in [5.74, 6) is 11.4. The van der Waals surface area contributed by atoms with Gasteiger partial charge in [-0.15, -0.1) is 0 Å². The van der Waals surface area contributed by atoms with Crippen LogP contribution in [0.15, 0.2) is 30.3 Å². The minimum absolute atomic E-state index is 0.274. The van der Waals surface area contributed by atoms with E-state index in [0.29, 0.717) is 12.8 Å². The average molecular weight is 312 g/mol. The quantitative estimate of drug-likeness (QED) is 0.539. The van der Waals surface area contributed by atoms with Crippen molar-refractivity contribution >= 4 is 0 Å². The molecule has 0 radical (unpaired) electrons. The summed E-state index contributed by atoms with van der Waals surface area (Å²) in [5, 5.41) is 19.7. The van der Waals surface area contributed by atoms with E-state index in [9.17, 15) is 10.2 Å². The standard InChI is InChI=1S/C21H28O2/c1-2-3-4-5-12-17-20(22)21(23)18-13-7-6-9-14-19-15-10-8-11-16-19/h8,10-11,15-16,20-23H,2-5,12,14,17-18H2,1H3/t20-,21-/m1/s1. The van der Waals surface area contributed by atoms with E-state index in [2.05, 4.69) is 30.6 Å². The molecular weight excluding hydrogens is 284 g/mol. The van der Waals surface area contributed by atoms with Gasteiger partial charge in [0.1, 0.15) is 0 Å². The molecule has 0 amide bonds. The van der Waals surface area contributed by atoms with Gasteiger partial charge >= 0.3 is 0 Å². The first-order valence-corrected chi connectivity index (χ1v) is 8.59. The Morgan fingerprint density at radius 3 is 2.30 bits per heavy atom. The van der Waals surface area contributed by atoms with Gasteiger partial charge in [-0.1, -0.05) is 81.2 Å². The second kappa shape index (κ2) is 12.8. The van der Waals surface area contributed by atoms with Crippen molar-refractivity contribution in [2.75, 3.05) is 0 Å². The average Bonchev–Trinajstić information content (AvgIpc) is 2.58. The first-order chi connectivity index (χ1) is 11.2. The number of rotatable bonds is 9. The minimum atomic E-state index is -0.774. The van der Waals surface area contributed by atoms with Crippen LogP contribution in [-0.4, -0.2) is 22.4 Å². The molecule has 0 aliphatic rings. The molecule has 0 aliphatic heterocycles. The fourth-order valence-electron chi connectivity index (χ4n) is 2.27. The molecule has 23 heavy (non-hydrogen) atoms. The number of benzene rings is 1. The molecular formula is C21H28O2. The fourth-order valence-corrected chi connectivity index (χ4v) is 2.27. The number of unbranched alkanes of at least 4 members (excludes halogenated alkanes) is 4. The van der Waals surface area contributed by atoms with E-state index in [1.165, 1.54) is 24.8 Å². The summed E-state index contributed by atoms with van der Waals surface area (Å²) in [6.07, 6.45) is 5.89. The van der Waals surface area contributed by atoms with Gasteiger partial charge in [-0.3, -0.25) is 0 Å². The minimum Gasteiger partial charge on any atom is -0.390 e. The van der Waals surface area contributed by atoms with Crippen molar-refractivity contribution in [2.45, 2.75) is 70.5 Å². The molecule has 0 unspecified atom stereocenters. The third-order valence-corrected chi connectivity index (χ3v) is 3.73. The van der Waals surface area contributed by atoms with Crippen molar-refractivity contribution < 1.29 is 10.2 Å². The SMILES string of the molecule is CCCCCCC[C@@H](O)[C@H](O)CC#CC#CCc1ccccc1. The van der Waals surface area contributed by atoms with Gasteiger partial charge in [-0.05, 0) is 23.8 Å². The lowest BCUT2D eigenvalue weighted by atomic mass is 10.0. The van der Waals surface area contributed by atoms with Crippen molar-refractivity contribution in [1.82, 2.24) is 0 Å². The lowest BCUT2D eigenvalue weighted by molar-refractivity contribution is 0.0165. The molecule has 1 rings (SSSR count). The second-order valence-corrected chi connectivity index (χ2v) is 5.81. The van der Waals surface area contributed by atoms with Crippen LogP contribution >= 0.6 is 0 Å². The summed E-state index contributed by atoms with van der Waals surface area (Å²) in [6.45, 7) is 2.18. The number of aliphatic hydroxyl groups excluding tert-OH is 2. The highest BCUT2D eigenvalue weighted by molar-refractivity contribution is 5.29. The third-order valence-electron chi connectivity index (χ3n) is 3.73. The van der Waals surface area contributed by atoms with Gasteiger partial charge < -0.3 is 10.2 Å². The number of aliphatic hydroxyl groups is 2. The Morgan fingerprint density at radius 2 is 1.57 bits per heavy atom. The Hall–Kier alpha value is -1.74. The molecule has 0 saturated carbocycles. The summed E-state index contributed by atoms with van der Waals surface area (Å²) < 4.78 is 0. The van der Waals surface area contributed by atoms with Crippen LogP contribution in [0.1, 0.15) is 57.4 Å². The van der Waals surface area contributed by atoms with E-state index in [1.807, 2.05) is 30.3 Å². The molecule has 1 aromatic rings. The van der Waals surface area contributed by atoms with Crippen molar-refractivity contribution in [2.24, 2.45) is 0 Å². The fraction of sp³-hybridized carbons (Fsp3) is 0.524. The van der Waals surface area contributed by atoms with E-state index in [0.717, 1.165) is 12.8 Å². The van der Waals surface area contributed by atoms with E-state index in [-0.39, 0.29) is 6.42 Å². The zero-order valence-electron chi connectivity index (χ0n) is 14.1. The van der Waals surface area contributed by atoms with Crippen molar-refractivity contribution in [3.05, 3.63) is 35.9 Å². The lowest BCUT2D eigenvalue weighted by Gasteiger charge is -2.15. The maximum atomic E-state index is 9.87. The van der Waals surface area contributed by atoms with Crippen LogP contribution in [-0.2, 0) is 6.42 Å². The van der Waals surface area contributed by atoms with Crippen LogP contribution in [0, 0.1) is 23.7 Å². The predicted octanol–water partition coefficient (Wildman–Crippen LogP) is 3.71. The van der Waals surface area contributed by atoms with Crippen molar-refractivity contribution in [3.8, 4) is 23.7 Å². The Labute approximate surface area is 140 Å². The van der Waals surface area contributed by atoms with E-state index in [1.54, 1.807) is 0 Å². The molecule has 0 saturated heterocycles. The van der Waals surface area contributed by atoms with E-state index in [4.69, 9.17) is 0 Å². The number of hydrogen-bond donors (Lipinski definition) is 2. The Kier molecular flexibility index (Phi) is 10.7. The second-order valence-electron chi connectivity index (χ2n) is 5.81. The topological polar surface area (TPSA) is 40.5 Å². The highest BCUT2D eigenvalue weighted by Crippen LogP contribution is 2.10. The molecule has 0 aliphatic carbocycles. The van der Waals surface area contributed by atoms with Gasteiger partial charge in [0.2, 0.25) is 0 Å². The predicted molar refractivity (Wildman–Crippen MR) is 95.7 cm³/mol. The van der Waals surface area contributed by atoms with E-state index < -0.39 is 12.2 Å². The molecule has 2 nitrogen and oxygen atoms in total. The Bertz CT molecular complexity index is 528. The lowest BCUT2D eigenvalue weighted by Crippen LogP contribution is -2.25. The molecule has 0 bridgehead atoms. The molecule has 0 heterocycles. The van der Waals surface area contributed by atoms with Crippen molar-refractivity contribution in [3.63, 3.8) is 0 Å². The van der Waals surface area contributed by atoms with Gasteiger partial charge in [-0.25, -0.2) is 0 Å². The molecule has 2 atom stereocenters. The molecule has 2 N–H and O–H groups in total. The maximum absolute atomic E-state index is 9.87. The van der Waals surface area contributed by atoms with Crippen LogP contribution in [0.4, 0.5) is 0 Å². The molecule has 2 heteroatoms. The smallest absolute Gasteiger partial charge is 0.0908 e. The van der Waals surface area contributed by atoms with Crippen molar-refractivity contribution in [1.29, 1.82) is 0 Å². The monoisotopic (exact) mass is 312 g/mol. The molecule has 0 aromatic heterocycles. The Balaban J connectivity index is 2.19. The summed E-state index contributed by atoms with van der Waals surface area (Å²) in [4.78, 5) is 0. The molecule has 124 valence electrons. The summed E-state index contributed by atoms with van der Waals surface area (Å²) in [6, 6.07) is 10.0. The molecule has 0 fully saturated rings.